The predicted octanol–water partition coefficient (Wildman–Crippen LogP) is 2.80. The van der Waals surface area contributed by atoms with Crippen LogP contribution >= 0.6 is 15.9 Å². The van der Waals surface area contributed by atoms with Crippen LogP contribution in [0.25, 0.3) is 0 Å². The van der Waals surface area contributed by atoms with Crippen LogP contribution in [0.2, 0.25) is 0 Å². The Hall–Kier alpha value is -1.92. The van der Waals surface area contributed by atoms with E-state index in [9.17, 15) is 14.3 Å². The zero-order valence-electron chi connectivity index (χ0n) is 11.0. The van der Waals surface area contributed by atoms with Gasteiger partial charge in [-0.2, -0.15) is 0 Å². The third-order valence-corrected chi connectivity index (χ3v) is 3.52. The van der Waals surface area contributed by atoms with Crippen molar-refractivity contribution in [2.24, 2.45) is 5.73 Å². The van der Waals surface area contributed by atoms with E-state index in [0.29, 0.717) is 12.1 Å². The zero-order valence-corrected chi connectivity index (χ0v) is 12.6. The average molecular weight is 353 g/mol. The van der Waals surface area contributed by atoms with Gasteiger partial charge in [-0.3, -0.25) is 4.79 Å². The van der Waals surface area contributed by atoms with Gasteiger partial charge in [0.15, 0.2) is 0 Å². The van der Waals surface area contributed by atoms with E-state index in [-0.39, 0.29) is 16.1 Å². The fourth-order valence-corrected chi connectivity index (χ4v) is 2.17. The number of phenolic OH excluding ortho intramolecular Hbond substituents is 1. The predicted molar refractivity (Wildman–Crippen MR) is 82.5 cm³/mol. The van der Waals surface area contributed by atoms with Gasteiger partial charge in [0, 0.05) is 5.69 Å². The lowest BCUT2D eigenvalue weighted by atomic mass is 10.1. The fourth-order valence-electron chi connectivity index (χ4n) is 1.79. The molecule has 4 N–H and O–H groups in total. The smallest absolute Gasteiger partial charge is 0.241 e. The molecular formula is C15H14BrFN2O2. The molecule has 0 unspecified atom stereocenters. The van der Waals surface area contributed by atoms with E-state index in [4.69, 9.17) is 5.73 Å². The SMILES string of the molecule is N[C@H](Cc1ccc(O)cc1)C(=O)Nc1ccc(F)c(Br)c1. The minimum Gasteiger partial charge on any atom is -0.508 e. The second-order valence-electron chi connectivity index (χ2n) is 4.60. The van der Waals surface area contributed by atoms with Gasteiger partial charge in [-0.1, -0.05) is 12.1 Å². The van der Waals surface area contributed by atoms with Gasteiger partial charge in [0.05, 0.1) is 10.5 Å². The Morgan fingerprint density at radius 1 is 1.29 bits per heavy atom. The fraction of sp³-hybridized carbons (Fsp3) is 0.133. The van der Waals surface area contributed by atoms with E-state index in [1.54, 1.807) is 12.1 Å². The van der Waals surface area contributed by atoms with Crippen LogP contribution in [0, 0.1) is 5.82 Å². The van der Waals surface area contributed by atoms with Crippen molar-refractivity contribution in [1.29, 1.82) is 0 Å². The molecule has 0 aliphatic carbocycles. The number of halogens is 2. The largest absolute Gasteiger partial charge is 0.508 e. The molecule has 0 saturated carbocycles. The number of hydrogen-bond acceptors (Lipinski definition) is 3. The first-order valence-corrected chi connectivity index (χ1v) is 7.04. The number of carbonyl (C=O) groups is 1. The van der Waals surface area contributed by atoms with E-state index in [1.165, 1.54) is 30.3 Å². The topological polar surface area (TPSA) is 75.3 Å². The Kier molecular flexibility index (Phi) is 4.93. The lowest BCUT2D eigenvalue weighted by Gasteiger charge is -2.13. The van der Waals surface area contributed by atoms with E-state index in [0.717, 1.165) is 5.56 Å². The van der Waals surface area contributed by atoms with Crippen molar-refractivity contribution in [3.05, 3.63) is 58.3 Å². The molecule has 0 heterocycles. The van der Waals surface area contributed by atoms with Gasteiger partial charge < -0.3 is 16.2 Å². The number of anilines is 1. The van der Waals surface area contributed by atoms with Crippen LogP contribution in [-0.4, -0.2) is 17.1 Å². The Balaban J connectivity index is 1.98. The summed E-state index contributed by atoms with van der Waals surface area (Å²) in [7, 11) is 0. The zero-order chi connectivity index (χ0) is 15.4. The van der Waals surface area contributed by atoms with Gasteiger partial charge in [0.2, 0.25) is 5.91 Å². The second kappa shape index (κ2) is 6.69. The van der Waals surface area contributed by atoms with Crippen LogP contribution in [0.4, 0.5) is 10.1 Å². The first kappa shape index (κ1) is 15.5. The monoisotopic (exact) mass is 352 g/mol. The normalized spacial score (nSPS) is 12.0. The number of hydrogen-bond donors (Lipinski definition) is 3. The molecule has 21 heavy (non-hydrogen) atoms. The molecule has 110 valence electrons. The summed E-state index contributed by atoms with van der Waals surface area (Å²) in [5, 5.41) is 11.8. The third-order valence-electron chi connectivity index (χ3n) is 2.92. The molecule has 0 radical (unpaired) electrons. The number of aromatic hydroxyl groups is 1. The maximum atomic E-state index is 13.1. The van der Waals surface area contributed by atoms with Crippen molar-refractivity contribution in [2.45, 2.75) is 12.5 Å². The Bertz CT molecular complexity index is 647. The third kappa shape index (κ3) is 4.27. The van der Waals surface area contributed by atoms with Gasteiger partial charge in [-0.05, 0) is 58.2 Å². The number of benzene rings is 2. The summed E-state index contributed by atoms with van der Waals surface area (Å²) >= 11 is 3.05. The molecule has 0 fully saturated rings. The van der Waals surface area contributed by atoms with Gasteiger partial charge in [0.25, 0.3) is 0 Å². The van der Waals surface area contributed by atoms with Crippen molar-refractivity contribution in [1.82, 2.24) is 0 Å². The van der Waals surface area contributed by atoms with E-state index in [2.05, 4.69) is 21.2 Å². The molecule has 1 atom stereocenters. The second-order valence-corrected chi connectivity index (χ2v) is 5.45. The molecule has 2 aromatic rings. The molecule has 0 saturated heterocycles. The Labute approximate surface area is 129 Å². The van der Waals surface area contributed by atoms with Crippen molar-refractivity contribution in [2.75, 3.05) is 5.32 Å². The highest BCUT2D eigenvalue weighted by Gasteiger charge is 2.14. The Morgan fingerprint density at radius 2 is 1.95 bits per heavy atom. The van der Waals surface area contributed by atoms with Gasteiger partial charge in [-0.15, -0.1) is 0 Å². The van der Waals surface area contributed by atoms with Crippen molar-refractivity contribution >= 4 is 27.5 Å². The highest BCUT2D eigenvalue weighted by Crippen LogP contribution is 2.20. The first-order valence-electron chi connectivity index (χ1n) is 6.25. The summed E-state index contributed by atoms with van der Waals surface area (Å²) in [6.07, 6.45) is 0.342. The molecule has 0 bridgehead atoms. The summed E-state index contributed by atoms with van der Waals surface area (Å²) in [4.78, 5) is 12.0. The van der Waals surface area contributed by atoms with Crippen LogP contribution in [0.5, 0.6) is 5.75 Å². The lowest BCUT2D eigenvalue weighted by Crippen LogP contribution is -2.37. The number of nitrogens with one attached hydrogen (secondary N) is 1. The lowest BCUT2D eigenvalue weighted by molar-refractivity contribution is -0.117. The summed E-state index contributed by atoms with van der Waals surface area (Å²) in [5.41, 5.74) is 7.15. The number of amides is 1. The summed E-state index contributed by atoms with van der Waals surface area (Å²) < 4.78 is 13.4. The van der Waals surface area contributed by atoms with Crippen LogP contribution in [-0.2, 0) is 11.2 Å². The molecule has 1 amide bonds. The number of phenols is 1. The van der Waals surface area contributed by atoms with Crippen molar-refractivity contribution < 1.29 is 14.3 Å². The maximum Gasteiger partial charge on any atom is 0.241 e. The first-order chi connectivity index (χ1) is 9.95. The molecule has 6 heteroatoms. The summed E-state index contributed by atoms with van der Waals surface area (Å²) in [6.45, 7) is 0. The molecule has 2 rings (SSSR count). The average Bonchev–Trinajstić information content (AvgIpc) is 2.45. The molecular weight excluding hydrogens is 339 g/mol. The standard InChI is InChI=1S/C15H14BrFN2O2/c16-12-8-10(3-6-13(12)17)19-15(21)14(18)7-9-1-4-11(20)5-2-9/h1-6,8,14,20H,7,18H2,(H,19,21)/t14-/m1/s1. The van der Waals surface area contributed by atoms with Crippen LogP contribution < -0.4 is 11.1 Å². The van der Waals surface area contributed by atoms with E-state index >= 15 is 0 Å². The van der Waals surface area contributed by atoms with Gasteiger partial charge in [-0.25, -0.2) is 4.39 Å². The number of carbonyl (C=O) groups excluding carboxylic acids is 1. The quantitative estimate of drug-likeness (QED) is 0.791. The molecule has 0 aromatic heterocycles. The molecule has 0 aliphatic heterocycles. The van der Waals surface area contributed by atoms with Crippen molar-refractivity contribution in [3.63, 3.8) is 0 Å². The van der Waals surface area contributed by atoms with Crippen LogP contribution in [0.15, 0.2) is 46.9 Å². The Morgan fingerprint density at radius 3 is 2.57 bits per heavy atom. The van der Waals surface area contributed by atoms with E-state index < -0.39 is 11.9 Å². The summed E-state index contributed by atoms with van der Waals surface area (Å²) in [5.74, 6) is -0.601. The number of nitrogens with two attached hydrogens (primary N) is 1. The molecule has 4 nitrogen and oxygen atoms in total. The minimum atomic E-state index is -0.738. The van der Waals surface area contributed by atoms with Crippen molar-refractivity contribution in [3.8, 4) is 5.75 Å². The molecule has 0 spiro atoms. The van der Waals surface area contributed by atoms with Gasteiger partial charge in [0.1, 0.15) is 11.6 Å². The molecule has 2 aromatic carbocycles. The minimum absolute atomic E-state index is 0.160. The summed E-state index contributed by atoms with van der Waals surface area (Å²) in [6, 6.07) is 9.94. The molecule has 0 aliphatic rings. The van der Waals surface area contributed by atoms with Gasteiger partial charge >= 0.3 is 0 Å². The van der Waals surface area contributed by atoms with Crippen LogP contribution in [0.3, 0.4) is 0 Å². The highest BCUT2D eigenvalue weighted by molar-refractivity contribution is 9.10. The number of rotatable bonds is 4. The van der Waals surface area contributed by atoms with E-state index in [1.807, 2.05) is 0 Å². The maximum absolute atomic E-state index is 13.1. The van der Waals surface area contributed by atoms with Crippen LogP contribution in [0.1, 0.15) is 5.56 Å². The highest BCUT2D eigenvalue weighted by atomic mass is 79.9.